The molecule has 0 saturated heterocycles. The summed E-state index contributed by atoms with van der Waals surface area (Å²) < 4.78 is 4.80. The highest BCUT2D eigenvalue weighted by Gasteiger charge is 2.44. The predicted molar refractivity (Wildman–Crippen MR) is 75.1 cm³/mol. The molecule has 108 valence electrons. The van der Waals surface area contributed by atoms with Crippen molar-refractivity contribution in [2.75, 3.05) is 7.11 Å². The summed E-state index contributed by atoms with van der Waals surface area (Å²) in [4.78, 5) is 12.0. The van der Waals surface area contributed by atoms with E-state index in [4.69, 9.17) is 4.74 Å². The molecule has 0 heterocycles. The molecule has 0 aliphatic heterocycles. The molecule has 1 aliphatic rings. The van der Waals surface area contributed by atoms with Crippen LogP contribution in [-0.4, -0.2) is 35.0 Å². The van der Waals surface area contributed by atoms with E-state index in [1.54, 1.807) is 24.3 Å². The SMILES string of the molecule is COC(=O)C(c1ccccc1)C(O)C1(O)CC=CCC1. The lowest BCUT2D eigenvalue weighted by atomic mass is 9.76. The van der Waals surface area contributed by atoms with Gasteiger partial charge >= 0.3 is 5.97 Å². The van der Waals surface area contributed by atoms with Crippen LogP contribution in [-0.2, 0) is 9.53 Å². The second-order valence-corrected chi connectivity index (χ2v) is 5.17. The third kappa shape index (κ3) is 2.92. The quantitative estimate of drug-likeness (QED) is 0.650. The standard InChI is InChI=1S/C16H20O4/c1-20-15(18)13(12-8-4-2-5-9-12)14(17)16(19)10-6-3-7-11-16/h2-6,8-9,13-14,17,19H,7,10-11H2,1H3. The fourth-order valence-electron chi connectivity index (χ4n) is 2.65. The Hall–Kier alpha value is -1.65. The molecule has 3 unspecified atom stereocenters. The van der Waals surface area contributed by atoms with E-state index in [9.17, 15) is 15.0 Å². The molecule has 1 aliphatic carbocycles. The van der Waals surface area contributed by atoms with Gasteiger partial charge < -0.3 is 14.9 Å². The molecular formula is C16H20O4. The maximum Gasteiger partial charge on any atom is 0.315 e. The smallest absolute Gasteiger partial charge is 0.315 e. The molecule has 4 heteroatoms. The van der Waals surface area contributed by atoms with Crippen LogP contribution in [0.1, 0.15) is 30.7 Å². The zero-order valence-corrected chi connectivity index (χ0v) is 11.5. The van der Waals surface area contributed by atoms with E-state index in [1.165, 1.54) is 7.11 Å². The molecule has 2 N–H and O–H groups in total. The average Bonchev–Trinajstić information content (AvgIpc) is 2.49. The molecule has 0 fully saturated rings. The summed E-state index contributed by atoms with van der Waals surface area (Å²) >= 11 is 0. The van der Waals surface area contributed by atoms with Crippen LogP contribution in [0, 0.1) is 0 Å². The Morgan fingerprint density at radius 1 is 1.30 bits per heavy atom. The molecule has 0 saturated carbocycles. The van der Waals surface area contributed by atoms with Gasteiger partial charge in [-0.15, -0.1) is 0 Å². The Balaban J connectivity index is 2.32. The monoisotopic (exact) mass is 276 g/mol. The van der Waals surface area contributed by atoms with Crippen LogP contribution in [0.25, 0.3) is 0 Å². The summed E-state index contributed by atoms with van der Waals surface area (Å²) in [7, 11) is 1.29. The van der Waals surface area contributed by atoms with Crippen molar-refractivity contribution in [3.63, 3.8) is 0 Å². The normalized spacial score (nSPS) is 24.9. The van der Waals surface area contributed by atoms with E-state index in [1.807, 2.05) is 18.2 Å². The van der Waals surface area contributed by atoms with Gasteiger partial charge in [-0.05, 0) is 24.8 Å². The van der Waals surface area contributed by atoms with Crippen molar-refractivity contribution in [2.24, 2.45) is 0 Å². The van der Waals surface area contributed by atoms with Gasteiger partial charge in [-0.1, -0.05) is 42.5 Å². The molecule has 20 heavy (non-hydrogen) atoms. The number of rotatable bonds is 4. The van der Waals surface area contributed by atoms with Crippen LogP contribution in [0.2, 0.25) is 0 Å². The number of aliphatic hydroxyl groups is 2. The Kier molecular flexibility index (Phi) is 4.57. The van der Waals surface area contributed by atoms with Crippen molar-refractivity contribution in [1.29, 1.82) is 0 Å². The number of ether oxygens (including phenoxy) is 1. The van der Waals surface area contributed by atoms with Crippen molar-refractivity contribution in [1.82, 2.24) is 0 Å². The molecule has 0 radical (unpaired) electrons. The van der Waals surface area contributed by atoms with Gasteiger partial charge in [0, 0.05) is 0 Å². The molecule has 3 atom stereocenters. The molecule has 1 aromatic rings. The number of aliphatic hydroxyl groups excluding tert-OH is 1. The Morgan fingerprint density at radius 2 is 2.00 bits per heavy atom. The van der Waals surface area contributed by atoms with Gasteiger partial charge in [0.1, 0.15) is 12.0 Å². The second-order valence-electron chi connectivity index (χ2n) is 5.17. The first-order chi connectivity index (χ1) is 9.58. The maximum absolute atomic E-state index is 12.0. The fraction of sp³-hybridized carbons (Fsp3) is 0.438. The lowest BCUT2D eigenvalue weighted by Crippen LogP contribution is -2.48. The van der Waals surface area contributed by atoms with E-state index in [0.29, 0.717) is 24.8 Å². The highest BCUT2D eigenvalue weighted by molar-refractivity contribution is 5.79. The summed E-state index contributed by atoms with van der Waals surface area (Å²) in [6, 6.07) is 8.94. The van der Waals surface area contributed by atoms with E-state index in [0.717, 1.165) is 0 Å². The van der Waals surface area contributed by atoms with Gasteiger partial charge in [0.25, 0.3) is 0 Å². The van der Waals surface area contributed by atoms with Crippen molar-refractivity contribution >= 4 is 5.97 Å². The molecule has 0 aromatic heterocycles. The molecule has 0 spiro atoms. The summed E-state index contributed by atoms with van der Waals surface area (Å²) in [5.74, 6) is -1.41. The molecule has 1 aromatic carbocycles. The van der Waals surface area contributed by atoms with Crippen molar-refractivity contribution in [3.05, 3.63) is 48.0 Å². The van der Waals surface area contributed by atoms with E-state index >= 15 is 0 Å². The number of hydrogen-bond acceptors (Lipinski definition) is 4. The van der Waals surface area contributed by atoms with Gasteiger partial charge in [-0.25, -0.2) is 0 Å². The number of esters is 1. The van der Waals surface area contributed by atoms with Gasteiger partial charge in [0.05, 0.1) is 12.7 Å². The first-order valence-corrected chi connectivity index (χ1v) is 6.77. The molecule has 0 amide bonds. The van der Waals surface area contributed by atoms with Crippen molar-refractivity contribution < 1.29 is 19.7 Å². The number of benzene rings is 1. The van der Waals surface area contributed by atoms with E-state index < -0.39 is 23.6 Å². The van der Waals surface area contributed by atoms with Crippen molar-refractivity contribution in [3.8, 4) is 0 Å². The minimum absolute atomic E-state index is 0.342. The molecule has 0 bridgehead atoms. The van der Waals surface area contributed by atoms with Gasteiger partial charge in [0.15, 0.2) is 0 Å². The summed E-state index contributed by atoms with van der Waals surface area (Å²) in [6.45, 7) is 0. The second kappa shape index (κ2) is 6.20. The van der Waals surface area contributed by atoms with Crippen LogP contribution in [0.3, 0.4) is 0 Å². The van der Waals surface area contributed by atoms with Crippen molar-refractivity contribution in [2.45, 2.75) is 36.9 Å². The van der Waals surface area contributed by atoms with E-state index in [2.05, 4.69) is 0 Å². The molecule has 4 nitrogen and oxygen atoms in total. The minimum atomic E-state index is -1.29. The zero-order valence-electron chi connectivity index (χ0n) is 11.5. The largest absolute Gasteiger partial charge is 0.468 e. The Morgan fingerprint density at radius 3 is 2.55 bits per heavy atom. The topological polar surface area (TPSA) is 66.8 Å². The highest BCUT2D eigenvalue weighted by Crippen LogP contribution is 2.35. The maximum atomic E-state index is 12.0. The number of carbonyl (C=O) groups is 1. The van der Waals surface area contributed by atoms with Crippen LogP contribution in [0.5, 0.6) is 0 Å². The lowest BCUT2D eigenvalue weighted by molar-refractivity contribution is -0.154. The van der Waals surface area contributed by atoms with Crippen LogP contribution in [0.4, 0.5) is 0 Å². The highest BCUT2D eigenvalue weighted by atomic mass is 16.5. The first-order valence-electron chi connectivity index (χ1n) is 6.77. The summed E-state index contributed by atoms with van der Waals surface area (Å²) in [6.07, 6.45) is 4.08. The van der Waals surface area contributed by atoms with Gasteiger partial charge in [-0.3, -0.25) is 4.79 Å². The van der Waals surface area contributed by atoms with Crippen LogP contribution < -0.4 is 0 Å². The zero-order chi connectivity index (χ0) is 14.6. The lowest BCUT2D eigenvalue weighted by Gasteiger charge is -2.37. The van der Waals surface area contributed by atoms with E-state index in [-0.39, 0.29) is 0 Å². The molecular weight excluding hydrogens is 256 g/mol. The Labute approximate surface area is 118 Å². The predicted octanol–water partition coefficient (Wildman–Crippen LogP) is 1.78. The number of hydrogen-bond donors (Lipinski definition) is 2. The number of allylic oxidation sites excluding steroid dienone is 1. The molecule has 2 rings (SSSR count). The average molecular weight is 276 g/mol. The first kappa shape index (κ1) is 14.8. The third-order valence-electron chi connectivity index (χ3n) is 3.86. The van der Waals surface area contributed by atoms with Crippen LogP contribution in [0.15, 0.2) is 42.5 Å². The third-order valence-corrected chi connectivity index (χ3v) is 3.86. The van der Waals surface area contributed by atoms with Crippen LogP contribution >= 0.6 is 0 Å². The fourth-order valence-corrected chi connectivity index (χ4v) is 2.65. The minimum Gasteiger partial charge on any atom is -0.468 e. The summed E-state index contributed by atoms with van der Waals surface area (Å²) in [5.41, 5.74) is -0.640. The number of methoxy groups -OCH3 is 1. The Bertz CT molecular complexity index is 483. The van der Waals surface area contributed by atoms with Gasteiger partial charge in [0.2, 0.25) is 0 Å². The van der Waals surface area contributed by atoms with Gasteiger partial charge in [-0.2, -0.15) is 0 Å². The summed E-state index contributed by atoms with van der Waals surface area (Å²) in [5, 5.41) is 21.2. The number of carbonyl (C=O) groups excluding carboxylic acids is 1.